The van der Waals surface area contributed by atoms with Gasteiger partial charge < -0.3 is 9.84 Å². The van der Waals surface area contributed by atoms with Gasteiger partial charge in [-0.2, -0.15) is 0 Å². The number of rotatable bonds is 2. The smallest absolute Gasteiger partial charge is 0.122 e. The highest BCUT2D eigenvalue weighted by Gasteiger charge is 2.41. The molecule has 1 fully saturated rings. The third kappa shape index (κ3) is 1.53. The van der Waals surface area contributed by atoms with Crippen LogP contribution in [0.1, 0.15) is 29.5 Å². The molecule has 0 aromatic heterocycles. The molecule has 0 spiro atoms. The van der Waals surface area contributed by atoms with Gasteiger partial charge in [-0.15, -0.1) is 0 Å². The Balaban J connectivity index is 2.01. The van der Waals surface area contributed by atoms with Gasteiger partial charge in [-0.25, -0.2) is 0 Å². The van der Waals surface area contributed by atoms with E-state index in [1.807, 2.05) is 0 Å². The maximum absolute atomic E-state index is 10.00. The van der Waals surface area contributed by atoms with Gasteiger partial charge in [0.05, 0.1) is 12.2 Å². The van der Waals surface area contributed by atoms with Crippen molar-refractivity contribution in [3.63, 3.8) is 0 Å². The number of hydrogen-bond acceptors (Lipinski definition) is 2. The van der Waals surface area contributed by atoms with Crippen LogP contribution < -0.4 is 4.74 Å². The van der Waals surface area contributed by atoms with Crippen molar-refractivity contribution in [2.24, 2.45) is 0 Å². The molecule has 0 unspecified atom stereocenters. The van der Waals surface area contributed by atoms with Gasteiger partial charge in [0, 0.05) is 18.4 Å². The first kappa shape index (κ1) is 9.22. The van der Waals surface area contributed by atoms with E-state index in [-0.39, 0.29) is 0 Å². The number of aryl methyl sites for hydroxylation is 1. The molecule has 1 aliphatic carbocycles. The van der Waals surface area contributed by atoms with Gasteiger partial charge in [0.15, 0.2) is 0 Å². The van der Waals surface area contributed by atoms with E-state index in [1.54, 1.807) is 0 Å². The molecule has 1 aromatic carbocycles. The van der Waals surface area contributed by atoms with Gasteiger partial charge in [-0.05, 0) is 37.0 Å². The van der Waals surface area contributed by atoms with Crippen molar-refractivity contribution in [1.29, 1.82) is 0 Å². The highest BCUT2D eigenvalue weighted by atomic mass is 16.5. The number of benzene rings is 1. The Bertz CT molecular complexity index is 405. The molecule has 2 nitrogen and oxygen atoms in total. The summed E-state index contributed by atoms with van der Waals surface area (Å²) in [6.07, 6.45) is 3.72. The summed E-state index contributed by atoms with van der Waals surface area (Å²) in [5.41, 5.74) is 3.54. The summed E-state index contributed by atoms with van der Waals surface area (Å²) in [5, 5.41) is 10.00. The van der Waals surface area contributed by atoms with E-state index in [2.05, 4.69) is 19.1 Å². The average molecular weight is 204 g/mol. The second-order valence-electron chi connectivity index (χ2n) is 4.84. The summed E-state index contributed by atoms with van der Waals surface area (Å²) in [6.45, 7) is 2.92. The first-order chi connectivity index (χ1) is 7.18. The minimum atomic E-state index is -0.400. The molecule has 1 aromatic rings. The van der Waals surface area contributed by atoms with Crippen LogP contribution in [0.3, 0.4) is 0 Å². The fraction of sp³-hybridized carbons (Fsp3) is 0.538. The lowest BCUT2D eigenvalue weighted by atomic mass is 9.94. The van der Waals surface area contributed by atoms with Crippen molar-refractivity contribution < 1.29 is 9.84 Å². The third-order valence-corrected chi connectivity index (χ3v) is 3.57. The molecule has 15 heavy (non-hydrogen) atoms. The quantitative estimate of drug-likeness (QED) is 0.798. The monoisotopic (exact) mass is 204 g/mol. The van der Waals surface area contributed by atoms with Gasteiger partial charge in [0.2, 0.25) is 0 Å². The zero-order chi connectivity index (χ0) is 10.5. The zero-order valence-electron chi connectivity index (χ0n) is 9.05. The standard InChI is InChI=1S/C13H16O2/c1-9-2-3-12-10(4-7-15-12)11(9)8-13(14)5-6-13/h2-3,14H,4-8H2,1H3. The Hall–Kier alpha value is -1.02. The van der Waals surface area contributed by atoms with Crippen molar-refractivity contribution in [3.8, 4) is 5.75 Å². The SMILES string of the molecule is Cc1ccc2c(c1CC1(O)CC1)CCO2. The molecule has 0 radical (unpaired) electrons. The summed E-state index contributed by atoms with van der Waals surface area (Å²) in [6, 6.07) is 4.16. The van der Waals surface area contributed by atoms with E-state index >= 15 is 0 Å². The average Bonchev–Trinajstić information content (AvgIpc) is 2.78. The van der Waals surface area contributed by atoms with Crippen molar-refractivity contribution in [1.82, 2.24) is 0 Å². The molecule has 2 aliphatic rings. The summed E-state index contributed by atoms with van der Waals surface area (Å²) in [4.78, 5) is 0. The van der Waals surface area contributed by atoms with E-state index in [0.717, 1.165) is 38.0 Å². The molecule has 2 heteroatoms. The summed E-state index contributed by atoms with van der Waals surface area (Å²) in [7, 11) is 0. The maximum atomic E-state index is 10.00. The molecule has 1 aliphatic heterocycles. The fourth-order valence-corrected chi connectivity index (χ4v) is 2.36. The van der Waals surface area contributed by atoms with Gasteiger partial charge in [0.25, 0.3) is 0 Å². The van der Waals surface area contributed by atoms with Gasteiger partial charge in [-0.3, -0.25) is 0 Å². The van der Waals surface area contributed by atoms with Crippen LogP contribution in [-0.2, 0) is 12.8 Å². The van der Waals surface area contributed by atoms with Crippen LogP contribution in [0.4, 0.5) is 0 Å². The van der Waals surface area contributed by atoms with Crippen molar-refractivity contribution in [2.45, 2.75) is 38.2 Å². The van der Waals surface area contributed by atoms with E-state index in [4.69, 9.17) is 4.74 Å². The topological polar surface area (TPSA) is 29.5 Å². The zero-order valence-corrected chi connectivity index (χ0v) is 9.05. The van der Waals surface area contributed by atoms with Crippen molar-refractivity contribution in [2.75, 3.05) is 6.61 Å². The van der Waals surface area contributed by atoms with Crippen LogP contribution in [0.25, 0.3) is 0 Å². The molecule has 1 N–H and O–H groups in total. The van der Waals surface area contributed by atoms with Crippen molar-refractivity contribution >= 4 is 0 Å². The molecular weight excluding hydrogens is 188 g/mol. The predicted octanol–water partition coefficient (Wildman–Crippen LogP) is 2.00. The minimum absolute atomic E-state index is 0.400. The minimum Gasteiger partial charge on any atom is -0.493 e. The molecule has 0 atom stereocenters. The number of hydrogen-bond donors (Lipinski definition) is 1. The molecule has 1 saturated carbocycles. The fourth-order valence-electron chi connectivity index (χ4n) is 2.36. The van der Waals surface area contributed by atoms with Gasteiger partial charge in [-0.1, -0.05) is 6.07 Å². The largest absolute Gasteiger partial charge is 0.493 e. The van der Waals surface area contributed by atoms with E-state index in [9.17, 15) is 5.11 Å². The summed E-state index contributed by atoms with van der Waals surface area (Å²) >= 11 is 0. The Morgan fingerprint density at radius 3 is 2.93 bits per heavy atom. The van der Waals surface area contributed by atoms with Crippen molar-refractivity contribution in [3.05, 3.63) is 28.8 Å². The lowest BCUT2D eigenvalue weighted by Gasteiger charge is -2.14. The van der Waals surface area contributed by atoms with Gasteiger partial charge >= 0.3 is 0 Å². The molecule has 0 saturated heterocycles. The summed E-state index contributed by atoms with van der Waals surface area (Å²) in [5.74, 6) is 1.03. The Kier molecular flexibility index (Phi) is 1.84. The molecule has 3 rings (SSSR count). The number of fused-ring (bicyclic) bond motifs is 1. The Morgan fingerprint density at radius 2 is 2.20 bits per heavy atom. The van der Waals surface area contributed by atoms with E-state index < -0.39 is 5.60 Å². The first-order valence-corrected chi connectivity index (χ1v) is 5.64. The number of ether oxygens (including phenoxy) is 1. The predicted molar refractivity (Wildman–Crippen MR) is 58.3 cm³/mol. The molecule has 1 heterocycles. The highest BCUT2D eigenvalue weighted by molar-refractivity contribution is 5.47. The molecule has 0 amide bonds. The van der Waals surface area contributed by atoms with Crippen LogP contribution in [-0.4, -0.2) is 17.3 Å². The van der Waals surface area contributed by atoms with Crippen LogP contribution >= 0.6 is 0 Å². The van der Waals surface area contributed by atoms with Gasteiger partial charge in [0.1, 0.15) is 5.75 Å². The second kappa shape index (κ2) is 2.99. The second-order valence-corrected chi connectivity index (χ2v) is 4.84. The van der Waals surface area contributed by atoms with E-state index in [0.29, 0.717) is 0 Å². The van der Waals surface area contributed by atoms with E-state index in [1.165, 1.54) is 16.7 Å². The Labute approximate surface area is 89.9 Å². The molecule has 80 valence electrons. The normalized spacial score (nSPS) is 20.9. The van der Waals surface area contributed by atoms with Crippen LogP contribution in [0, 0.1) is 6.92 Å². The maximum Gasteiger partial charge on any atom is 0.122 e. The molecule has 0 bridgehead atoms. The Morgan fingerprint density at radius 1 is 1.40 bits per heavy atom. The first-order valence-electron chi connectivity index (χ1n) is 5.64. The lowest BCUT2D eigenvalue weighted by molar-refractivity contribution is 0.150. The summed E-state index contributed by atoms with van der Waals surface area (Å²) < 4.78 is 5.55. The highest BCUT2D eigenvalue weighted by Crippen LogP contribution is 2.41. The van der Waals surface area contributed by atoms with Crippen LogP contribution in [0.15, 0.2) is 12.1 Å². The molecular formula is C13H16O2. The third-order valence-electron chi connectivity index (χ3n) is 3.57. The lowest BCUT2D eigenvalue weighted by Crippen LogP contribution is -2.13. The van der Waals surface area contributed by atoms with Crippen LogP contribution in [0.2, 0.25) is 0 Å². The van der Waals surface area contributed by atoms with Crippen LogP contribution in [0.5, 0.6) is 5.75 Å². The number of aliphatic hydroxyl groups is 1.